The van der Waals surface area contributed by atoms with Crippen LogP contribution in [0.25, 0.3) is 0 Å². The Balaban J connectivity index is 1.57. The first-order valence-corrected chi connectivity index (χ1v) is 12.5. The van der Waals surface area contributed by atoms with E-state index < -0.39 is 24.4 Å². The summed E-state index contributed by atoms with van der Waals surface area (Å²) in [5.41, 5.74) is 0.443. The van der Waals surface area contributed by atoms with Crippen LogP contribution in [0.4, 0.5) is 35.1 Å². The van der Waals surface area contributed by atoms with E-state index in [2.05, 4.69) is 4.57 Å². The van der Waals surface area contributed by atoms with Gasteiger partial charge in [0.05, 0.1) is 11.6 Å². The molecular weight excluding hydrogens is 516 g/mol. The van der Waals surface area contributed by atoms with Gasteiger partial charge < -0.3 is 0 Å². The summed E-state index contributed by atoms with van der Waals surface area (Å²) >= 11 is 6.11. The van der Waals surface area contributed by atoms with E-state index in [1.54, 1.807) is 12.1 Å². The predicted molar refractivity (Wildman–Crippen MR) is 122 cm³/mol. The standard InChI is InChI=1S/C25H32ClF8N2/c1-19-35(16-17-36(19)18-20-21(26)12-11-13-22(20)27)15-10-8-6-4-2-3-5-7-9-14-23(28,29)24(30,31)25(32,33)34/h11-13,16-17H,2-10,14-15,18H2,1H3/q+1. The Morgan fingerprint density at radius 2 is 1.39 bits per heavy atom. The van der Waals surface area contributed by atoms with Crippen LogP contribution >= 0.6 is 11.6 Å². The molecule has 0 atom stereocenters. The van der Waals surface area contributed by atoms with Crippen LogP contribution in [0.1, 0.15) is 75.6 Å². The highest BCUT2D eigenvalue weighted by atomic mass is 35.5. The number of hydrogen-bond donors (Lipinski definition) is 0. The monoisotopic (exact) mass is 547 g/mol. The molecule has 204 valence electrons. The lowest BCUT2D eigenvalue weighted by molar-refractivity contribution is -0.694. The average Bonchev–Trinajstić information content (AvgIpc) is 3.13. The molecule has 0 spiro atoms. The molecule has 0 aliphatic carbocycles. The topological polar surface area (TPSA) is 8.81 Å². The highest BCUT2D eigenvalue weighted by molar-refractivity contribution is 6.31. The van der Waals surface area contributed by atoms with E-state index in [1.807, 2.05) is 23.9 Å². The number of benzene rings is 1. The van der Waals surface area contributed by atoms with E-state index in [0.29, 0.717) is 23.6 Å². The lowest BCUT2D eigenvalue weighted by atomic mass is 10.0. The summed E-state index contributed by atoms with van der Waals surface area (Å²) in [6, 6.07) is 4.61. The van der Waals surface area contributed by atoms with Crippen molar-refractivity contribution in [1.82, 2.24) is 4.57 Å². The number of hydrogen-bond acceptors (Lipinski definition) is 0. The number of imidazole rings is 1. The van der Waals surface area contributed by atoms with Crippen molar-refractivity contribution in [2.24, 2.45) is 0 Å². The molecule has 0 saturated heterocycles. The average molecular weight is 548 g/mol. The van der Waals surface area contributed by atoms with E-state index in [1.165, 1.54) is 6.07 Å². The molecule has 0 saturated carbocycles. The predicted octanol–water partition coefficient (Wildman–Crippen LogP) is 8.66. The van der Waals surface area contributed by atoms with Gasteiger partial charge in [-0.25, -0.2) is 13.5 Å². The van der Waals surface area contributed by atoms with Crippen LogP contribution in [0, 0.1) is 12.7 Å². The molecule has 0 bridgehead atoms. The summed E-state index contributed by atoms with van der Waals surface area (Å²) in [6.07, 6.45) is 1.82. The second-order valence-corrected chi connectivity index (χ2v) is 9.48. The minimum atomic E-state index is -6.26. The van der Waals surface area contributed by atoms with Crippen LogP contribution in [-0.2, 0) is 13.1 Å². The van der Waals surface area contributed by atoms with Gasteiger partial charge in [-0.2, -0.15) is 30.7 Å². The first-order chi connectivity index (χ1) is 16.8. The van der Waals surface area contributed by atoms with Crippen LogP contribution in [0.15, 0.2) is 30.6 Å². The molecule has 0 unspecified atom stereocenters. The Kier molecular flexibility index (Phi) is 11.1. The van der Waals surface area contributed by atoms with Gasteiger partial charge in [0, 0.05) is 18.9 Å². The van der Waals surface area contributed by atoms with Gasteiger partial charge in [-0.05, 0) is 31.4 Å². The number of unbranched alkanes of at least 4 members (excludes halogenated alkanes) is 8. The van der Waals surface area contributed by atoms with Crippen molar-refractivity contribution in [1.29, 1.82) is 0 Å². The fourth-order valence-electron chi connectivity index (χ4n) is 4.03. The normalized spacial score (nSPS) is 12.9. The molecule has 0 N–H and O–H groups in total. The van der Waals surface area contributed by atoms with E-state index in [4.69, 9.17) is 11.6 Å². The van der Waals surface area contributed by atoms with Gasteiger partial charge in [0.1, 0.15) is 24.8 Å². The first kappa shape index (κ1) is 30.4. The van der Waals surface area contributed by atoms with Crippen molar-refractivity contribution in [3.63, 3.8) is 0 Å². The maximum Gasteiger partial charge on any atom is 0.459 e. The van der Waals surface area contributed by atoms with Gasteiger partial charge in [0.25, 0.3) is 5.82 Å². The summed E-state index contributed by atoms with van der Waals surface area (Å²) < 4.78 is 107. The fourth-order valence-corrected chi connectivity index (χ4v) is 4.25. The largest absolute Gasteiger partial charge is 0.459 e. The van der Waals surface area contributed by atoms with Gasteiger partial charge in [0.2, 0.25) is 0 Å². The molecule has 1 aromatic carbocycles. The van der Waals surface area contributed by atoms with Crippen LogP contribution in [0.2, 0.25) is 5.02 Å². The van der Waals surface area contributed by atoms with Crippen molar-refractivity contribution in [3.05, 3.63) is 52.8 Å². The van der Waals surface area contributed by atoms with Crippen molar-refractivity contribution < 1.29 is 39.7 Å². The molecule has 0 radical (unpaired) electrons. The third-order valence-electron chi connectivity index (χ3n) is 6.35. The summed E-state index contributed by atoms with van der Waals surface area (Å²) in [5, 5.41) is 0.385. The Labute approximate surface area is 211 Å². The van der Waals surface area contributed by atoms with Crippen molar-refractivity contribution in [2.45, 2.75) is 102 Å². The Bertz CT molecular complexity index is 936. The van der Waals surface area contributed by atoms with Crippen LogP contribution < -0.4 is 4.57 Å². The third-order valence-corrected chi connectivity index (χ3v) is 6.71. The highest BCUT2D eigenvalue weighted by Crippen LogP contribution is 2.48. The molecule has 2 nitrogen and oxygen atoms in total. The Morgan fingerprint density at radius 1 is 0.833 bits per heavy atom. The van der Waals surface area contributed by atoms with Crippen LogP contribution in [0.3, 0.4) is 0 Å². The second kappa shape index (κ2) is 13.1. The van der Waals surface area contributed by atoms with E-state index in [0.717, 1.165) is 50.9 Å². The number of nitrogens with zero attached hydrogens (tertiary/aromatic N) is 2. The molecule has 0 amide bonds. The smallest absolute Gasteiger partial charge is 0.234 e. The van der Waals surface area contributed by atoms with E-state index >= 15 is 0 Å². The third kappa shape index (κ3) is 8.08. The molecule has 11 heteroatoms. The number of alkyl halides is 7. The number of halogens is 9. The van der Waals surface area contributed by atoms with Gasteiger partial charge >= 0.3 is 18.0 Å². The van der Waals surface area contributed by atoms with Gasteiger partial charge in [-0.15, -0.1) is 0 Å². The SMILES string of the molecule is Cc1n(CCCCCCCCCCCC(F)(F)C(F)(F)C(F)(F)F)cc[n+]1Cc1c(F)cccc1Cl. The number of aromatic nitrogens is 2. The van der Waals surface area contributed by atoms with Crippen LogP contribution in [0.5, 0.6) is 0 Å². The molecule has 36 heavy (non-hydrogen) atoms. The van der Waals surface area contributed by atoms with Gasteiger partial charge in [-0.3, -0.25) is 0 Å². The summed E-state index contributed by atoms with van der Waals surface area (Å²) in [6.45, 7) is 3.10. The molecular formula is C25H32ClF8N2+. The highest BCUT2D eigenvalue weighted by Gasteiger charge is 2.72. The van der Waals surface area contributed by atoms with Crippen molar-refractivity contribution in [2.75, 3.05) is 0 Å². The number of aryl methyl sites for hydroxylation is 1. The maximum absolute atomic E-state index is 14.0. The summed E-state index contributed by atoms with van der Waals surface area (Å²) in [4.78, 5) is 0. The lowest BCUT2D eigenvalue weighted by Crippen LogP contribution is -2.51. The summed E-state index contributed by atoms with van der Waals surface area (Å²) in [5.74, 6) is -10.5. The first-order valence-electron chi connectivity index (χ1n) is 12.1. The Hall–Kier alpha value is -1.84. The zero-order chi connectivity index (χ0) is 27.0. The maximum atomic E-state index is 14.0. The van der Waals surface area contributed by atoms with Crippen LogP contribution in [-0.4, -0.2) is 22.6 Å². The zero-order valence-electron chi connectivity index (χ0n) is 20.2. The van der Waals surface area contributed by atoms with E-state index in [-0.39, 0.29) is 18.7 Å². The molecule has 0 aliphatic rings. The molecule has 2 rings (SSSR count). The zero-order valence-corrected chi connectivity index (χ0v) is 20.9. The summed E-state index contributed by atoms with van der Waals surface area (Å²) in [7, 11) is 0. The van der Waals surface area contributed by atoms with Crippen molar-refractivity contribution in [3.8, 4) is 0 Å². The molecule has 2 aromatic rings. The van der Waals surface area contributed by atoms with Gasteiger partial charge in [0.15, 0.2) is 0 Å². The second-order valence-electron chi connectivity index (χ2n) is 9.08. The van der Waals surface area contributed by atoms with E-state index in [9.17, 15) is 35.1 Å². The van der Waals surface area contributed by atoms with Gasteiger partial charge in [-0.1, -0.05) is 56.2 Å². The Morgan fingerprint density at radius 3 is 1.94 bits per heavy atom. The molecule has 1 heterocycles. The molecule has 0 aliphatic heterocycles. The minimum Gasteiger partial charge on any atom is -0.234 e. The molecule has 0 fully saturated rings. The fraction of sp³-hybridized carbons (Fsp3) is 0.640. The molecule has 1 aromatic heterocycles. The number of rotatable bonds is 15. The quantitative estimate of drug-likeness (QED) is 0.120. The minimum absolute atomic E-state index is 0.189. The lowest BCUT2D eigenvalue weighted by Gasteiger charge is -2.28. The van der Waals surface area contributed by atoms with Crippen molar-refractivity contribution >= 4 is 11.6 Å².